The monoisotopic (exact) mass is 263 g/mol. The Morgan fingerprint density at radius 2 is 1.84 bits per heavy atom. The second-order valence-electron chi connectivity index (χ2n) is 4.56. The van der Waals surface area contributed by atoms with Crippen molar-refractivity contribution in [2.45, 2.75) is 45.1 Å². The van der Waals surface area contributed by atoms with E-state index in [-0.39, 0.29) is 5.91 Å². The molecule has 0 saturated heterocycles. The van der Waals surface area contributed by atoms with Crippen molar-refractivity contribution in [1.82, 2.24) is 5.32 Å². The van der Waals surface area contributed by atoms with Gasteiger partial charge in [0.1, 0.15) is 0 Å². The van der Waals surface area contributed by atoms with Crippen molar-refractivity contribution < 1.29 is 14.7 Å². The quantitative estimate of drug-likeness (QED) is 0.709. The second kappa shape index (κ2) is 8.29. The van der Waals surface area contributed by atoms with Crippen LogP contribution in [0.4, 0.5) is 0 Å². The largest absolute Gasteiger partial charge is 0.479 e. The molecule has 2 N–H and O–H groups in total. The Bertz CT molecular complexity index is 403. The molecule has 0 aliphatic carbocycles. The van der Waals surface area contributed by atoms with E-state index in [1.807, 2.05) is 6.07 Å². The molecule has 0 aliphatic rings. The molecule has 0 spiro atoms. The standard InChI is InChI=1S/C15H21NO3/c1-2-3-4-8-11-13(17)16-14(15(18)19)12-9-6-5-7-10-12/h5-7,9-10,14H,2-4,8,11H2,1H3,(H,16,17)(H,18,19)/t14-/m1/s1. The molecule has 1 atom stereocenters. The highest BCUT2D eigenvalue weighted by atomic mass is 16.4. The molecule has 1 rings (SSSR count). The van der Waals surface area contributed by atoms with Crippen LogP contribution in [0, 0.1) is 0 Å². The van der Waals surface area contributed by atoms with E-state index >= 15 is 0 Å². The number of aliphatic carboxylic acids is 1. The number of rotatable bonds is 8. The van der Waals surface area contributed by atoms with Gasteiger partial charge in [-0.15, -0.1) is 0 Å². The molecule has 4 nitrogen and oxygen atoms in total. The number of amides is 1. The molecular weight excluding hydrogens is 242 g/mol. The zero-order valence-electron chi connectivity index (χ0n) is 11.3. The van der Waals surface area contributed by atoms with E-state index in [0.29, 0.717) is 12.0 Å². The number of nitrogens with one attached hydrogen (secondary N) is 1. The lowest BCUT2D eigenvalue weighted by molar-refractivity contribution is -0.142. The summed E-state index contributed by atoms with van der Waals surface area (Å²) in [6, 6.07) is 7.79. The molecule has 0 heterocycles. The number of carboxylic acids is 1. The van der Waals surface area contributed by atoms with Gasteiger partial charge >= 0.3 is 5.97 Å². The first-order valence-corrected chi connectivity index (χ1v) is 6.72. The van der Waals surface area contributed by atoms with E-state index in [1.54, 1.807) is 24.3 Å². The van der Waals surface area contributed by atoms with Gasteiger partial charge in [0, 0.05) is 6.42 Å². The summed E-state index contributed by atoms with van der Waals surface area (Å²) in [5.41, 5.74) is 0.594. The van der Waals surface area contributed by atoms with Gasteiger partial charge in [-0.2, -0.15) is 0 Å². The molecule has 19 heavy (non-hydrogen) atoms. The summed E-state index contributed by atoms with van der Waals surface area (Å²) in [7, 11) is 0. The molecule has 104 valence electrons. The first-order chi connectivity index (χ1) is 9.15. The number of carboxylic acid groups (broad SMARTS) is 1. The number of hydrogen-bond donors (Lipinski definition) is 2. The number of carbonyl (C=O) groups is 2. The van der Waals surface area contributed by atoms with Crippen LogP contribution in [0.15, 0.2) is 30.3 Å². The van der Waals surface area contributed by atoms with Crippen LogP contribution in [0.1, 0.15) is 50.6 Å². The van der Waals surface area contributed by atoms with E-state index < -0.39 is 12.0 Å². The van der Waals surface area contributed by atoms with Crippen LogP contribution in [0.5, 0.6) is 0 Å². The van der Waals surface area contributed by atoms with E-state index in [2.05, 4.69) is 12.2 Å². The van der Waals surface area contributed by atoms with Gasteiger partial charge in [-0.05, 0) is 12.0 Å². The van der Waals surface area contributed by atoms with Gasteiger partial charge in [0.05, 0.1) is 0 Å². The lowest BCUT2D eigenvalue weighted by Crippen LogP contribution is -2.33. The summed E-state index contributed by atoms with van der Waals surface area (Å²) in [6.45, 7) is 2.11. The maximum Gasteiger partial charge on any atom is 0.330 e. The van der Waals surface area contributed by atoms with Crippen molar-refractivity contribution in [2.75, 3.05) is 0 Å². The smallest absolute Gasteiger partial charge is 0.330 e. The number of carbonyl (C=O) groups excluding carboxylic acids is 1. The van der Waals surface area contributed by atoms with E-state index in [0.717, 1.165) is 25.7 Å². The topological polar surface area (TPSA) is 66.4 Å². The molecule has 0 unspecified atom stereocenters. The van der Waals surface area contributed by atoms with Gasteiger partial charge in [-0.1, -0.05) is 56.5 Å². The maximum absolute atomic E-state index is 11.7. The van der Waals surface area contributed by atoms with Gasteiger partial charge in [0.2, 0.25) is 5.91 Å². The van der Waals surface area contributed by atoms with Crippen LogP contribution >= 0.6 is 0 Å². The molecule has 0 saturated carbocycles. The van der Waals surface area contributed by atoms with Crippen molar-refractivity contribution in [2.24, 2.45) is 0 Å². The van der Waals surface area contributed by atoms with Crippen LogP contribution in [0.25, 0.3) is 0 Å². The van der Waals surface area contributed by atoms with E-state index in [1.165, 1.54) is 0 Å². The summed E-state index contributed by atoms with van der Waals surface area (Å²) >= 11 is 0. The van der Waals surface area contributed by atoms with Gasteiger partial charge in [0.25, 0.3) is 0 Å². The Morgan fingerprint density at radius 3 is 2.42 bits per heavy atom. The van der Waals surface area contributed by atoms with Crippen LogP contribution in [0.2, 0.25) is 0 Å². The molecule has 0 aromatic heterocycles. The van der Waals surface area contributed by atoms with Gasteiger partial charge in [-0.3, -0.25) is 4.79 Å². The third-order valence-corrected chi connectivity index (χ3v) is 2.94. The molecule has 1 aromatic carbocycles. The molecule has 1 aromatic rings. The van der Waals surface area contributed by atoms with Crippen LogP contribution in [0.3, 0.4) is 0 Å². The maximum atomic E-state index is 11.7. The minimum Gasteiger partial charge on any atom is -0.479 e. The predicted molar refractivity (Wildman–Crippen MR) is 73.7 cm³/mol. The molecule has 0 fully saturated rings. The summed E-state index contributed by atoms with van der Waals surface area (Å²) in [5, 5.41) is 11.7. The number of benzene rings is 1. The fourth-order valence-electron chi connectivity index (χ4n) is 1.88. The zero-order valence-corrected chi connectivity index (χ0v) is 11.3. The Labute approximate surface area is 113 Å². The zero-order chi connectivity index (χ0) is 14.1. The SMILES string of the molecule is CCCCCCC(=O)N[C@@H](C(=O)O)c1ccccc1. The van der Waals surface area contributed by atoms with E-state index in [4.69, 9.17) is 0 Å². The minimum atomic E-state index is -1.03. The van der Waals surface area contributed by atoms with Crippen molar-refractivity contribution in [3.63, 3.8) is 0 Å². The molecular formula is C15H21NO3. The highest BCUT2D eigenvalue weighted by Gasteiger charge is 2.21. The van der Waals surface area contributed by atoms with Crippen molar-refractivity contribution in [3.05, 3.63) is 35.9 Å². The van der Waals surface area contributed by atoms with Gasteiger partial charge in [-0.25, -0.2) is 4.79 Å². The lowest BCUT2D eigenvalue weighted by atomic mass is 10.1. The van der Waals surface area contributed by atoms with Crippen LogP contribution < -0.4 is 5.32 Å². The van der Waals surface area contributed by atoms with Crippen molar-refractivity contribution in [3.8, 4) is 0 Å². The van der Waals surface area contributed by atoms with Crippen LogP contribution in [-0.4, -0.2) is 17.0 Å². The fraction of sp³-hybridized carbons (Fsp3) is 0.467. The third-order valence-electron chi connectivity index (χ3n) is 2.94. The van der Waals surface area contributed by atoms with Crippen LogP contribution in [-0.2, 0) is 9.59 Å². The van der Waals surface area contributed by atoms with E-state index in [9.17, 15) is 14.7 Å². The molecule has 4 heteroatoms. The summed E-state index contributed by atoms with van der Waals surface area (Å²) < 4.78 is 0. The van der Waals surface area contributed by atoms with Gasteiger partial charge < -0.3 is 10.4 Å². The third kappa shape index (κ3) is 5.55. The summed E-state index contributed by atoms with van der Waals surface area (Å²) in [6.07, 6.45) is 4.42. The Balaban J connectivity index is 2.51. The minimum absolute atomic E-state index is 0.202. The lowest BCUT2D eigenvalue weighted by Gasteiger charge is -2.14. The fourth-order valence-corrected chi connectivity index (χ4v) is 1.88. The summed E-state index contributed by atoms with van der Waals surface area (Å²) in [4.78, 5) is 22.9. The Kier molecular flexibility index (Phi) is 6.64. The molecule has 0 aliphatic heterocycles. The molecule has 0 radical (unpaired) electrons. The Morgan fingerprint density at radius 1 is 1.16 bits per heavy atom. The predicted octanol–water partition coefficient (Wildman–Crippen LogP) is 2.90. The number of unbranched alkanes of at least 4 members (excludes halogenated alkanes) is 3. The Hall–Kier alpha value is -1.84. The average Bonchev–Trinajstić information content (AvgIpc) is 2.41. The summed E-state index contributed by atoms with van der Waals surface area (Å²) in [5.74, 6) is -1.24. The highest BCUT2D eigenvalue weighted by Crippen LogP contribution is 2.13. The first kappa shape index (κ1) is 15.2. The van der Waals surface area contributed by atoms with Crippen molar-refractivity contribution in [1.29, 1.82) is 0 Å². The molecule has 0 bridgehead atoms. The van der Waals surface area contributed by atoms with Gasteiger partial charge in [0.15, 0.2) is 6.04 Å². The normalized spacial score (nSPS) is 11.8. The second-order valence-corrected chi connectivity index (χ2v) is 4.56. The highest BCUT2D eigenvalue weighted by molar-refractivity contribution is 5.84. The van der Waals surface area contributed by atoms with Crippen molar-refractivity contribution >= 4 is 11.9 Å². The molecule has 1 amide bonds. The first-order valence-electron chi connectivity index (χ1n) is 6.72. The average molecular weight is 263 g/mol. The number of hydrogen-bond acceptors (Lipinski definition) is 2.